The average Bonchev–Trinajstić information content (AvgIpc) is 2.54. The van der Waals surface area contributed by atoms with Gasteiger partial charge in [0, 0.05) is 24.6 Å². The molecule has 0 unspecified atom stereocenters. The molecular weight excluding hydrogens is 298 g/mol. The van der Waals surface area contributed by atoms with Crippen LogP contribution in [-0.2, 0) is 4.79 Å². The Balaban J connectivity index is 1.57. The number of hydrogen-bond acceptors (Lipinski definition) is 5. The number of phenolic OH excluding ortho intramolecular Hbond substituents is 1. The summed E-state index contributed by atoms with van der Waals surface area (Å²) in [6, 6.07) is 8.53. The number of anilines is 1. The molecule has 0 spiro atoms. The van der Waals surface area contributed by atoms with Crippen LogP contribution in [-0.4, -0.2) is 26.7 Å². The van der Waals surface area contributed by atoms with E-state index < -0.39 is 0 Å². The molecule has 0 bridgehead atoms. The predicted octanol–water partition coefficient (Wildman–Crippen LogP) is 3.47. The summed E-state index contributed by atoms with van der Waals surface area (Å²) in [5.41, 5.74) is 0.462. The molecule has 1 aromatic carbocycles. The summed E-state index contributed by atoms with van der Waals surface area (Å²) in [5.74, 6) is 0.973. The van der Waals surface area contributed by atoms with Gasteiger partial charge in [-0.2, -0.15) is 0 Å². The number of aromatic hydroxyl groups is 1. The smallest absolute Gasteiger partial charge is 0.224 e. The quantitative estimate of drug-likeness (QED) is 0.337. The normalized spacial score (nSPS) is 10.4. The number of carbonyl (C=O) groups is 1. The van der Waals surface area contributed by atoms with Gasteiger partial charge in [0.1, 0.15) is 5.75 Å². The van der Waals surface area contributed by atoms with Crippen LogP contribution in [0.1, 0.15) is 25.7 Å². The van der Waals surface area contributed by atoms with Crippen LogP contribution in [0.25, 0.3) is 0 Å². The summed E-state index contributed by atoms with van der Waals surface area (Å²) in [7, 11) is 0. The lowest BCUT2D eigenvalue weighted by Crippen LogP contribution is -2.11. The van der Waals surface area contributed by atoms with E-state index in [1.807, 2.05) is 0 Å². The third-order valence-corrected chi connectivity index (χ3v) is 3.96. The largest absolute Gasteiger partial charge is 0.506 e. The highest BCUT2D eigenvalue weighted by Crippen LogP contribution is 2.22. The number of aromatic nitrogens is 2. The molecule has 1 aromatic heterocycles. The van der Waals surface area contributed by atoms with Gasteiger partial charge in [0.25, 0.3) is 0 Å². The van der Waals surface area contributed by atoms with E-state index in [4.69, 9.17) is 0 Å². The van der Waals surface area contributed by atoms with E-state index in [2.05, 4.69) is 15.3 Å². The number of para-hydroxylation sites is 2. The van der Waals surface area contributed by atoms with E-state index >= 15 is 0 Å². The Morgan fingerprint density at radius 2 is 1.86 bits per heavy atom. The maximum absolute atomic E-state index is 11.8. The van der Waals surface area contributed by atoms with E-state index in [0.717, 1.165) is 30.2 Å². The molecule has 0 atom stereocenters. The summed E-state index contributed by atoms with van der Waals surface area (Å²) in [6.07, 6.45) is 6.76. The highest BCUT2D eigenvalue weighted by Gasteiger charge is 2.05. The maximum Gasteiger partial charge on any atom is 0.224 e. The number of hydrogen-bond donors (Lipinski definition) is 2. The van der Waals surface area contributed by atoms with Gasteiger partial charge in [0.05, 0.1) is 5.69 Å². The minimum absolute atomic E-state index is 0.0689. The zero-order valence-corrected chi connectivity index (χ0v) is 13.1. The summed E-state index contributed by atoms with van der Waals surface area (Å²) < 4.78 is 0. The first kappa shape index (κ1) is 16.3. The van der Waals surface area contributed by atoms with Crippen LogP contribution in [0.3, 0.4) is 0 Å². The van der Waals surface area contributed by atoms with Crippen molar-refractivity contribution in [3.63, 3.8) is 0 Å². The molecule has 0 aliphatic carbocycles. The minimum atomic E-state index is -0.0689. The fourth-order valence-corrected chi connectivity index (χ4v) is 2.68. The molecule has 6 heteroatoms. The Kier molecular flexibility index (Phi) is 6.70. The van der Waals surface area contributed by atoms with Crippen molar-refractivity contribution in [1.82, 2.24) is 9.97 Å². The number of benzene rings is 1. The lowest BCUT2D eigenvalue weighted by molar-refractivity contribution is -0.116. The average molecular weight is 317 g/mol. The third kappa shape index (κ3) is 5.73. The van der Waals surface area contributed by atoms with Crippen LogP contribution in [0, 0.1) is 0 Å². The molecule has 0 saturated carbocycles. The Bertz CT molecular complexity index is 593. The first-order valence-corrected chi connectivity index (χ1v) is 8.22. The Morgan fingerprint density at radius 1 is 1.09 bits per heavy atom. The second-order valence-corrected chi connectivity index (χ2v) is 5.82. The predicted molar refractivity (Wildman–Crippen MR) is 88.0 cm³/mol. The van der Waals surface area contributed by atoms with Crippen LogP contribution in [0.15, 0.2) is 47.9 Å². The van der Waals surface area contributed by atoms with Gasteiger partial charge in [-0.3, -0.25) is 4.79 Å². The third-order valence-electron chi connectivity index (χ3n) is 3.00. The molecule has 1 amide bonds. The first-order valence-electron chi connectivity index (χ1n) is 7.23. The molecule has 0 fully saturated rings. The highest BCUT2D eigenvalue weighted by molar-refractivity contribution is 7.99. The van der Waals surface area contributed by atoms with Crippen molar-refractivity contribution in [2.24, 2.45) is 0 Å². The molecule has 0 aliphatic heterocycles. The number of carbonyl (C=O) groups excluding carboxylic acids is 1. The Labute approximate surface area is 134 Å². The summed E-state index contributed by atoms with van der Waals surface area (Å²) in [6.45, 7) is 0. The van der Waals surface area contributed by atoms with Crippen LogP contribution >= 0.6 is 11.8 Å². The Morgan fingerprint density at radius 3 is 2.64 bits per heavy atom. The van der Waals surface area contributed by atoms with E-state index in [1.165, 1.54) is 0 Å². The fourth-order valence-electron chi connectivity index (χ4n) is 1.88. The highest BCUT2D eigenvalue weighted by atomic mass is 32.2. The molecule has 22 heavy (non-hydrogen) atoms. The molecule has 2 rings (SSSR count). The van der Waals surface area contributed by atoms with Gasteiger partial charge in [0.2, 0.25) is 5.91 Å². The number of rotatable bonds is 8. The molecule has 116 valence electrons. The molecule has 2 aromatic rings. The first-order chi connectivity index (χ1) is 10.8. The van der Waals surface area contributed by atoms with Crippen molar-refractivity contribution in [2.75, 3.05) is 11.1 Å². The van der Waals surface area contributed by atoms with Crippen molar-refractivity contribution in [2.45, 2.75) is 30.8 Å². The van der Waals surface area contributed by atoms with Crippen LogP contribution in [0.4, 0.5) is 5.69 Å². The van der Waals surface area contributed by atoms with Gasteiger partial charge in [-0.05, 0) is 31.0 Å². The monoisotopic (exact) mass is 317 g/mol. The maximum atomic E-state index is 11.8. The number of unbranched alkanes of at least 4 members (excludes halogenated alkanes) is 2. The van der Waals surface area contributed by atoms with E-state index in [-0.39, 0.29) is 11.7 Å². The second kappa shape index (κ2) is 9.04. The SMILES string of the molecule is O=C(CCCCCSc1ncccn1)Nc1ccccc1O. The van der Waals surface area contributed by atoms with Gasteiger partial charge in [0.15, 0.2) is 5.16 Å². The zero-order valence-electron chi connectivity index (χ0n) is 12.2. The molecular formula is C16H19N3O2S. The van der Waals surface area contributed by atoms with Crippen LogP contribution in [0.5, 0.6) is 5.75 Å². The van der Waals surface area contributed by atoms with E-state index in [1.54, 1.807) is 54.5 Å². The molecule has 0 saturated heterocycles. The van der Waals surface area contributed by atoms with Crippen LogP contribution in [0.2, 0.25) is 0 Å². The number of nitrogens with zero attached hydrogens (tertiary/aromatic N) is 2. The van der Waals surface area contributed by atoms with Gasteiger partial charge in [-0.1, -0.05) is 30.3 Å². The van der Waals surface area contributed by atoms with E-state index in [0.29, 0.717) is 12.1 Å². The molecule has 1 heterocycles. The van der Waals surface area contributed by atoms with Crippen molar-refractivity contribution in [3.8, 4) is 5.75 Å². The molecule has 5 nitrogen and oxygen atoms in total. The summed E-state index contributed by atoms with van der Waals surface area (Å²) in [4.78, 5) is 20.1. The summed E-state index contributed by atoms with van der Waals surface area (Å²) >= 11 is 1.63. The topological polar surface area (TPSA) is 75.1 Å². The lowest BCUT2D eigenvalue weighted by Gasteiger charge is -2.06. The number of phenols is 1. The van der Waals surface area contributed by atoms with Gasteiger partial charge in [-0.25, -0.2) is 9.97 Å². The molecule has 2 N–H and O–H groups in total. The molecule has 0 radical (unpaired) electrons. The van der Waals surface area contributed by atoms with Crippen molar-refractivity contribution >= 4 is 23.4 Å². The number of amides is 1. The van der Waals surface area contributed by atoms with Crippen molar-refractivity contribution in [1.29, 1.82) is 0 Å². The molecule has 0 aliphatic rings. The minimum Gasteiger partial charge on any atom is -0.506 e. The fraction of sp³-hybridized carbons (Fsp3) is 0.312. The number of thioether (sulfide) groups is 1. The van der Waals surface area contributed by atoms with Gasteiger partial charge >= 0.3 is 0 Å². The second-order valence-electron chi connectivity index (χ2n) is 4.76. The zero-order chi connectivity index (χ0) is 15.6. The standard InChI is InChI=1S/C16H19N3O2S/c20-14-8-4-3-7-13(14)19-15(21)9-2-1-5-12-22-16-17-10-6-11-18-16/h3-4,6-8,10-11,20H,1-2,5,9,12H2,(H,19,21). The lowest BCUT2D eigenvalue weighted by atomic mass is 10.2. The number of nitrogens with one attached hydrogen (secondary N) is 1. The van der Waals surface area contributed by atoms with E-state index in [9.17, 15) is 9.90 Å². The Hall–Kier alpha value is -2.08. The van der Waals surface area contributed by atoms with Crippen LogP contribution < -0.4 is 5.32 Å². The van der Waals surface area contributed by atoms with Gasteiger partial charge < -0.3 is 10.4 Å². The summed E-state index contributed by atoms with van der Waals surface area (Å²) in [5, 5.41) is 13.1. The van der Waals surface area contributed by atoms with Crippen molar-refractivity contribution in [3.05, 3.63) is 42.7 Å². The van der Waals surface area contributed by atoms with Crippen molar-refractivity contribution < 1.29 is 9.90 Å². The van der Waals surface area contributed by atoms with Gasteiger partial charge in [-0.15, -0.1) is 0 Å².